The van der Waals surface area contributed by atoms with Gasteiger partial charge in [-0.05, 0) is 141 Å². The molecule has 6 aliphatic rings. The van der Waals surface area contributed by atoms with Crippen molar-refractivity contribution in [1.29, 1.82) is 0 Å². The number of fused-ring (bicyclic) bond motifs is 8. The first kappa shape index (κ1) is 45.5. The lowest BCUT2D eigenvalue weighted by Gasteiger charge is -2.72. The molecule has 2 amide bonds. The van der Waals surface area contributed by atoms with Crippen molar-refractivity contribution in [3.05, 3.63) is 41.2 Å². The van der Waals surface area contributed by atoms with E-state index < -0.39 is 52.1 Å². The molecule has 8 rings (SSSR count). The third kappa shape index (κ3) is 6.66. The summed E-state index contributed by atoms with van der Waals surface area (Å²) >= 11 is 0. The number of imidazole rings is 1. The van der Waals surface area contributed by atoms with Crippen LogP contribution in [0.5, 0.6) is 0 Å². The van der Waals surface area contributed by atoms with E-state index in [1.807, 2.05) is 13.8 Å². The minimum Gasteiger partial charge on any atom is -0.481 e. The zero-order valence-electron chi connectivity index (χ0n) is 39.5. The Bertz CT molecular complexity index is 2270. The molecule has 12 nitrogen and oxygen atoms in total. The number of Topliss-reactive ketones (excluding diaryl/α,β-unsaturated/α-hetero) is 1. The van der Waals surface area contributed by atoms with Crippen LogP contribution in [0.1, 0.15) is 151 Å². The fourth-order valence-corrected chi connectivity index (χ4v) is 15.3. The number of ketones is 1. The van der Waals surface area contributed by atoms with Gasteiger partial charge in [0.2, 0.25) is 5.91 Å². The van der Waals surface area contributed by atoms with Crippen molar-refractivity contribution >= 4 is 40.6 Å². The molecule has 63 heavy (non-hydrogen) atoms. The number of carboxylic acids is 1. The maximum atomic E-state index is 14.2. The number of carbonyl (C=O) groups excluding carboxylic acids is 4. The molecule has 0 spiro atoms. The van der Waals surface area contributed by atoms with Gasteiger partial charge in [0.25, 0.3) is 5.91 Å². The van der Waals surface area contributed by atoms with Crippen LogP contribution in [0.2, 0.25) is 0 Å². The number of aromatic amines is 1. The number of carbonyl (C=O) groups is 5. The molecule has 344 valence electrons. The maximum Gasteiger partial charge on any atom is 0.309 e. The summed E-state index contributed by atoms with van der Waals surface area (Å²) in [6.45, 7) is 23.2. The standard InChI is InChI=1S/C51H72N4O8/c1-27(2)39-34(56)24-51(37(57)25-52-44(62)47(7,8)55-41(58)28-12-14-32-33(22-28)54-26-53-32)21-20-49(10)29(40(39)51)13-15-36-48(9)18-17-38(46(5,6)35(48)16-19-50(36,49)11)63-43(61)31-23-30(42(59)60)45(31,3)4/h12,14,22,26-27,29-31,35-38,57H,13,15-21,23-25H2,1-11H3,(H,52,62)(H,53,54)(H,55,58)(H,59,60)/t29-,30+,31-,35+,36-,37+,38+,48+,49-,50-,51+/m1/s1. The molecular formula is C51H72N4O8. The van der Waals surface area contributed by atoms with E-state index in [9.17, 15) is 34.2 Å². The van der Waals surface area contributed by atoms with E-state index in [-0.39, 0.29) is 64.3 Å². The molecule has 6 aliphatic carbocycles. The molecule has 11 atom stereocenters. The number of aromatic nitrogens is 2. The normalized spacial score (nSPS) is 37.2. The molecule has 0 bridgehead atoms. The van der Waals surface area contributed by atoms with E-state index in [2.05, 4.69) is 69.1 Å². The third-order valence-corrected chi connectivity index (χ3v) is 19.3. The van der Waals surface area contributed by atoms with E-state index in [0.29, 0.717) is 30.2 Å². The minimum absolute atomic E-state index is 0.00464. The Morgan fingerprint density at radius 2 is 1.62 bits per heavy atom. The third-order valence-electron chi connectivity index (χ3n) is 19.3. The van der Waals surface area contributed by atoms with Crippen LogP contribution < -0.4 is 10.6 Å². The van der Waals surface area contributed by atoms with Gasteiger partial charge in [0.05, 0.1) is 35.3 Å². The Morgan fingerprint density at radius 3 is 2.29 bits per heavy atom. The van der Waals surface area contributed by atoms with Gasteiger partial charge in [-0.15, -0.1) is 0 Å². The van der Waals surface area contributed by atoms with Crippen LogP contribution in [0.4, 0.5) is 0 Å². The lowest BCUT2D eigenvalue weighted by molar-refractivity contribution is -0.238. The van der Waals surface area contributed by atoms with Gasteiger partial charge in [-0.25, -0.2) is 4.98 Å². The quantitative estimate of drug-likeness (QED) is 0.147. The Kier molecular flexibility index (Phi) is 10.8. The van der Waals surface area contributed by atoms with Crippen molar-refractivity contribution in [1.82, 2.24) is 20.6 Å². The van der Waals surface area contributed by atoms with Crippen LogP contribution in [0.3, 0.4) is 0 Å². The molecule has 0 aliphatic heterocycles. The summed E-state index contributed by atoms with van der Waals surface area (Å²) in [5, 5.41) is 27.9. The number of carboxylic acid groups (broad SMARTS) is 1. The molecule has 0 radical (unpaired) electrons. The summed E-state index contributed by atoms with van der Waals surface area (Å²) in [6, 6.07) is 5.12. The molecule has 12 heteroatoms. The summed E-state index contributed by atoms with van der Waals surface area (Å²) in [4.78, 5) is 74.1. The number of nitrogens with one attached hydrogen (secondary N) is 3. The van der Waals surface area contributed by atoms with Crippen LogP contribution in [0, 0.1) is 68.0 Å². The number of rotatable bonds is 10. The SMILES string of the molecule is CC(C)C1=C2[C@H]3CC[C@@H]4[C@@]5(C)CC[C@H](OC(=O)[C@H]6C[C@@H](C(=O)O)C6(C)C)C(C)(C)[C@@H]5CC[C@@]4(C)[C@]3(C)CC[C@@]2([C@@H](O)CNC(=O)C(C)(C)NC(=O)c2ccc3nc[nH]c3c2)CC1=O. The highest BCUT2D eigenvalue weighted by atomic mass is 16.5. The van der Waals surface area contributed by atoms with Crippen molar-refractivity contribution < 1.29 is 38.9 Å². The summed E-state index contributed by atoms with van der Waals surface area (Å²) in [5.74, 6) is -1.92. The molecule has 1 aromatic carbocycles. The van der Waals surface area contributed by atoms with Gasteiger partial charge in [0.15, 0.2) is 5.78 Å². The lowest BCUT2D eigenvalue weighted by atomic mass is 9.33. The summed E-state index contributed by atoms with van der Waals surface area (Å²) in [7, 11) is 0. The summed E-state index contributed by atoms with van der Waals surface area (Å²) < 4.78 is 6.42. The molecule has 0 saturated heterocycles. The topological polar surface area (TPSA) is 188 Å². The largest absolute Gasteiger partial charge is 0.481 e. The van der Waals surface area contributed by atoms with Crippen LogP contribution in [-0.2, 0) is 23.9 Å². The Hall–Kier alpha value is -4.06. The van der Waals surface area contributed by atoms with E-state index in [1.54, 1.807) is 38.4 Å². The molecular weight excluding hydrogens is 797 g/mol. The number of ether oxygens (including phenoxy) is 1. The molecule has 5 fully saturated rings. The lowest BCUT2D eigenvalue weighted by Crippen LogP contribution is -2.66. The van der Waals surface area contributed by atoms with Crippen LogP contribution in [0.25, 0.3) is 11.0 Å². The molecule has 1 heterocycles. The van der Waals surface area contributed by atoms with Crippen molar-refractivity contribution in [3.8, 4) is 0 Å². The number of benzene rings is 1. The number of aliphatic hydroxyl groups is 1. The molecule has 1 aromatic heterocycles. The highest BCUT2D eigenvalue weighted by molar-refractivity contribution is 6.02. The first-order valence-electron chi connectivity index (χ1n) is 23.7. The second kappa shape index (κ2) is 15.0. The molecule has 5 N–H and O–H groups in total. The predicted molar refractivity (Wildman–Crippen MR) is 239 cm³/mol. The Morgan fingerprint density at radius 1 is 0.905 bits per heavy atom. The molecule has 2 aromatic rings. The van der Waals surface area contributed by atoms with Gasteiger partial charge in [-0.1, -0.05) is 67.9 Å². The van der Waals surface area contributed by atoms with Crippen molar-refractivity contribution in [2.45, 2.75) is 158 Å². The second-order valence-electron chi connectivity index (χ2n) is 23.6. The summed E-state index contributed by atoms with van der Waals surface area (Å²) in [6.07, 6.45) is 8.07. The van der Waals surface area contributed by atoms with E-state index in [4.69, 9.17) is 4.74 Å². The number of nitrogens with zero attached hydrogens (tertiary/aromatic N) is 1. The number of esters is 1. The average Bonchev–Trinajstić information content (AvgIpc) is 3.79. The van der Waals surface area contributed by atoms with Gasteiger partial charge in [0.1, 0.15) is 11.6 Å². The molecule has 5 saturated carbocycles. The number of aliphatic hydroxyl groups excluding tert-OH is 1. The van der Waals surface area contributed by atoms with Crippen LogP contribution in [-0.4, -0.2) is 74.0 Å². The Labute approximate surface area is 372 Å². The number of hydrogen-bond acceptors (Lipinski definition) is 8. The van der Waals surface area contributed by atoms with E-state index in [1.165, 1.54) is 0 Å². The fourth-order valence-electron chi connectivity index (χ4n) is 15.3. The number of H-pyrrole nitrogens is 1. The second-order valence-corrected chi connectivity index (χ2v) is 23.6. The van der Waals surface area contributed by atoms with Crippen LogP contribution >= 0.6 is 0 Å². The first-order chi connectivity index (χ1) is 29.3. The van der Waals surface area contributed by atoms with Gasteiger partial charge in [-0.3, -0.25) is 24.0 Å². The smallest absolute Gasteiger partial charge is 0.309 e. The maximum absolute atomic E-state index is 14.2. The predicted octanol–water partition coefficient (Wildman–Crippen LogP) is 8.19. The van der Waals surface area contributed by atoms with Gasteiger partial charge < -0.3 is 30.6 Å². The fraction of sp³-hybridized carbons (Fsp3) is 0.725. The van der Waals surface area contributed by atoms with Crippen molar-refractivity contribution in [2.24, 2.45) is 68.0 Å². The zero-order valence-corrected chi connectivity index (χ0v) is 39.5. The number of allylic oxidation sites excluding steroid dienone is 1. The zero-order chi connectivity index (χ0) is 46.0. The monoisotopic (exact) mass is 869 g/mol. The first-order valence-corrected chi connectivity index (χ1v) is 23.7. The van der Waals surface area contributed by atoms with Crippen molar-refractivity contribution in [2.75, 3.05) is 6.54 Å². The highest BCUT2D eigenvalue weighted by Crippen LogP contribution is 2.77. The Balaban J connectivity index is 0.996. The highest BCUT2D eigenvalue weighted by Gasteiger charge is 2.71. The average molecular weight is 869 g/mol. The van der Waals surface area contributed by atoms with E-state index in [0.717, 1.165) is 67.1 Å². The van der Waals surface area contributed by atoms with E-state index >= 15 is 0 Å². The van der Waals surface area contributed by atoms with Crippen LogP contribution in [0.15, 0.2) is 35.7 Å². The summed E-state index contributed by atoms with van der Waals surface area (Å²) in [5.41, 5.74) is 0.704. The molecule has 0 unspecified atom stereocenters. The number of amides is 2. The number of aliphatic carboxylic acids is 1. The minimum atomic E-state index is -1.29. The van der Waals surface area contributed by atoms with Crippen molar-refractivity contribution in [3.63, 3.8) is 0 Å². The van der Waals surface area contributed by atoms with Gasteiger partial charge >= 0.3 is 11.9 Å². The van der Waals surface area contributed by atoms with Gasteiger partial charge in [0, 0.05) is 29.4 Å². The van der Waals surface area contributed by atoms with Gasteiger partial charge in [-0.2, -0.15) is 0 Å². The number of hydrogen-bond donors (Lipinski definition) is 5.